The molecule has 3 aromatic rings. The molecule has 5 rings (SSSR count). The molecule has 0 bridgehead atoms. The Labute approximate surface area is 236 Å². The smallest absolute Gasteiger partial charge is 0.409 e. The molecule has 10 heteroatoms. The number of rotatable bonds is 7. The number of amides is 1. The van der Waals surface area contributed by atoms with Crippen molar-refractivity contribution in [1.82, 2.24) is 20.2 Å². The van der Waals surface area contributed by atoms with Gasteiger partial charge in [-0.25, -0.2) is 10.2 Å². The van der Waals surface area contributed by atoms with Crippen molar-refractivity contribution >= 4 is 11.9 Å². The van der Waals surface area contributed by atoms with Crippen molar-refractivity contribution in [3.8, 4) is 0 Å². The van der Waals surface area contributed by atoms with E-state index >= 15 is 0 Å². The molecule has 7 nitrogen and oxygen atoms in total. The van der Waals surface area contributed by atoms with E-state index in [0.717, 1.165) is 22.8 Å². The quantitative estimate of drug-likeness (QED) is 0.432. The van der Waals surface area contributed by atoms with Crippen molar-refractivity contribution in [2.75, 3.05) is 26.7 Å². The highest BCUT2D eigenvalue weighted by Gasteiger charge is 2.46. The van der Waals surface area contributed by atoms with Crippen molar-refractivity contribution < 1.29 is 27.5 Å². The van der Waals surface area contributed by atoms with Crippen molar-refractivity contribution in [3.63, 3.8) is 0 Å². The summed E-state index contributed by atoms with van der Waals surface area (Å²) in [6.45, 7) is 0.532. The maximum Gasteiger partial charge on any atom is 0.409 e. The molecule has 1 N–H and O–H groups in total. The molecule has 0 aromatic heterocycles. The first-order valence-electron chi connectivity index (χ1n) is 13.4. The number of nitrogens with zero attached hydrogens (tertiary/aromatic N) is 3. The minimum Gasteiger partial charge on any atom is -0.467 e. The molecule has 2 aliphatic heterocycles. The number of nitrogens with one attached hydrogen (secondary N) is 1. The first-order chi connectivity index (χ1) is 19.8. The lowest BCUT2D eigenvalue weighted by Gasteiger charge is -2.44. The predicted molar refractivity (Wildman–Crippen MR) is 147 cm³/mol. The van der Waals surface area contributed by atoms with Crippen LogP contribution in [-0.2, 0) is 20.9 Å². The number of carbonyl (C=O) groups excluding carboxylic acids is 2. The lowest BCUT2D eigenvalue weighted by atomic mass is 9.89. The molecule has 41 heavy (non-hydrogen) atoms. The van der Waals surface area contributed by atoms with Gasteiger partial charge in [0.15, 0.2) is 0 Å². The highest BCUT2D eigenvalue weighted by Crippen LogP contribution is 2.33. The van der Waals surface area contributed by atoms with Crippen LogP contribution in [0.1, 0.15) is 22.6 Å². The summed E-state index contributed by atoms with van der Waals surface area (Å²) in [5.41, 5.74) is 4.93. The van der Waals surface area contributed by atoms with Gasteiger partial charge in [-0.3, -0.25) is 9.80 Å². The Balaban J connectivity index is 1.44. The van der Waals surface area contributed by atoms with Crippen LogP contribution in [-0.4, -0.2) is 71.7 Å². The van der Waals surface area contributed by atoms with E-state index in [4.69, 9.17) is 4.74 Å². The molecule has 2 aliphatic rings. The largest absolute Gasteiger partial charge is 0.467 e. The zero-order valence-corrected chi connectivity index (χ0v) is 22.5. The van der Waals surface area contributed by atoms with Gasteiger partial charge in [-0.1, -0.05) is 91.0 Å². The summed E-state index contributed by atoms with van der Waals surface area (Å²) in [5.74, 6) is -1.26. The number of piperazine rings is 1. The molecule has 3 aromatic carbocycles. The van der Waals surface area contributed by atoms with E-state index in [9.17, 15) is 22.8 Å². The van der Waals surface area contributed by atoms with Crippen LogP contribution in [0, 0.1) is 0 Å². The van der Waals surface area contributed by atoms with Crippen LogP contribution >= 0.6 is 0 Å². The molecule has 0 saturated carbocycles. The number of hydrazine groups is 1. The molecule has 1 unspecified atom stereocenters. The van der Waals surface area contributed by atoms with Gasteiger partial charge in [-0.15, -0.1) is 0 Å². The van der Waals surface area contributed by atoms with E-state index in [-0.39, 0.29) is 32.1 Å². The lowest BCUT2D eigenvalue weighted by molar-refractivity contribution is -0.156. The third-order valence-electron chi connectivity index (χ3n) is 7.40. The van der Waals surface area contributed by atoms with Gasteiger partial charge < -0.3 is 14.5 Å². The van der Waals surface area contributed by atoms with Crippen molar-refractivity contribution in [2.24, 2.45) is 0 Å². The van der Waals surface area contributed by atoms with Crippen LogP contribution in [0.25, 0.3) is 0 Å². The topological polar surface area (TPSA) is 65.1 Å². The molecular weight excluding hydrogens is 533 g/mol. The number of carbonyl (C=O) groups is 2. The first kappa shape index (κ1) is 28.2. The van der Waals surface area contributed by atoms with Gasteiger partial charge in [0.25, 0.3) is 0 Å². The second-order valence-electron chi connectivity index (χ2n) is 10.0. The number of hydrogen-bond acceptors (Lipinski definition) is 6. The highest BCUT2D eigenvalue weighted by molar-refractivity contribution is 5.91. The number of benzene rings is 3. The summed E-state index contributed by atoms with van der Waals surface area (Å²) in [6, 6.07) is 24.9. The molecule has 0 aliphatic carbocycles. The Kier molecular flexibility index (Phi) is 8.30. The maximum atomic E-state index is 14.2. The first-order valence-corrected chi connectivity index (χ1v) is 13.4. The molecule has 2 heterocycles. The predicted octanol–water partition coefficient (Wildman–Crippen LogP) is 4.30. The normalized spacial score (nSPS) is 19.3. The fraction of sp³-hybridized carbons (Fsp3) is 0.290. The molecule has 214 valence electrons. The minimum atomic E-state index is -4.51. The lowest BCUT2D eigenvalue weighted by Crippen LogP contribution is -2.60. The van der Waals surface area contributed by atoms with E-state index in [1.807, 2.05) is 91.0 Å². The number of methoxy groups -OCH3 is 1. The number of ether oxygens (including phenoxy) is 1. The Hall–Kier alpha value is -4.31. The van der Waals surface area contributed by atoms with Gasteiger partial charge in [0.1, 0.15) is 17.9 Å². The van der Waals surface area contributed by atoms with Gasteiger partial charge in [0, 0.05) is 13.1 Å². The Morgan fingerprint density at radius 2 is 1.46 bits per heavy atom. The third-order valence-corrected chi connectivity index (χ3v) is 7.40. The molecule has 0 radical (unpaired) electrons. The van der Waals surface area contributed by atoms with Crippen LogP contribution in [0.4, 0.5) is 13.2 Å². The average Bonchev–Trinajstić information content (AvgIpc) is 3.42. The molecule has 1 amide bonds. The van der Waals surface area contributed by atoms with Gasteiger partial charge in [-0.05, 0) is 22.8 Å². The zero-order chi connectivity index (χ0) is 29.0. The van der Waals surface area contributed by atoms with E-state index in [1.54, 1.807) is 4.90 Å². The maximum absolute atomic E-state index is 14.2. The minimum absolute atomic E-state index is 0.0158. The number of esters is 1. The van der Waals surface area contributed by atoms with Gasteiger partial charge in [0.05, 0.1) is 26.1 Å². The van der Waals surface area contributed by atoms with Crippen LogP contribution in [0.3, 0.4) is 0 Å². The van der Waals surface area contributed by atoms with E-state index in [0.29, 0.717) is 5.82 Å². The molecule has 2 atom stereocenters. The number of halogens is 3. The Bertz CT molecular complexity index is 1330. The Morgan fingerprint density at radius 1 is 0.902 bits per heavy atom. The van der Waals surface area contributed by atoms with Crippen LogP contribution in [0.15, 0.2) is 103 Å². The molecule has 1 saturated heterocycles. The SMILES string of the molecule is COC(=O)[C@@H]1CN(C2=CC(C(F)(F)F)NN2Cc2ccccc2)CCN1C(=O)C(c1ccccc1)c1ccccc1. The van der Waals surface area contributed by atoms with E-state index in [1.165, 1.54) is 17.0 Å². The van der Waals surface area contributed by atoms with Crippen LogP contribution in [0.2, 0.25) is 0 Å². The number of alkyl halides is 3. The molecular formula is C31H31F3N4O3. The fourth-order valence-electron chi connectivity index (χ4n) is 5.37. The summed E-state index contributed by atoms with van der Waals surface area (Å²) < 4.78 is 46.4. The summed E-state index contributed by atoms with van der Waals surface area (Å²) >= 11 is 0. The number of hydrogen-bond donors (Lipinski definition) is 1. The van der Waals surface area contributed by atoms with E-state index < -0.39 is 30.1 Å². The van der Waals surface area contributed by atoms with Crippen LogP contribution < -0.4 is 5.43 Å². The Morgan fingerprint density at radius 3 is 2.00 bits per heavy atom. The fourth-order valence-corrected chi connectivity index (χ4v) is 5.37. The van der Waals surface area contributed by atoms with Crippen LogP contribution in [0.5, 0.6) is 0 Å². The standard InChI is InChI=1S/C31H31F3N4O3/c1-41-30(40)25-21-36(27-19-26(31(32,33)34)35-38(27)20-22-11-5-2-6-12-22)17-18-37(25)29(39)28(23-13-7-3-8-14-23)24-15-9-4-10-16-24/h2-16,19,25-26,28,35H,17-18,20-21H2,1H3/t25-,26?/m0/s1. The second kappa shape index (κ2) is 12.1. The zero-order valence-electron chi connectivity index (χ0n) is 22.5. The summed E-state index contributed by atoms with van der Waals surface area (Å²) in [4.78, 5) is 30.4. The molecule has 1 fully saturated rings. The van der Waals surface area contributed by atoms with Crippen molar-refractivity contribution in [2.45, 2.75) is 30.7 Å². The monoisotopic (exact) mass is 564 g/mol. The van der Waals surface area contributed by atoms with Crippen molar-refractivity contribution in [1.29, 1.82) is 0 Å². The third kappa shape index (κ3) is 6.22. The van der Waals surface area contributed by atoms with Gasteiger partial charge >= 0.3 is 12.1 Å². The molecule has 0 spiro atoms. The summed E-state index contributed by atoms with van der Waals surface area (Å²) in [7, 11) is 1.24. The van der Waals surface area contributed by atoms with Crippen molar-refractivity contribution in [3.05, 3.63) is 120 Å². The summed E-state index contributed by atoms with van der Waals surface area (Å²) in [6.07, 6.45) is -3.37. The second-order valence-corrected chi connectivity index (χ2v) is 10.0. The average molecular weight is 565 g/mol. The van der Waals surface area contributed by atoms with Gasteiger partial charge in [0.2, 0.25) is 5.91 Å². The van der Waals surface area contributed by atoms with Gasteiger partial charge in [-0.2, -0.15) is 13.2 Å². The highest BCUT2D eigenvalue weighted by atomic mass is 19.4. The summed E-state index contributed by atoms with van der Waals surface area (Å²) in [5, 5.41) is 1.45. The van der Waals surface area contributed by atoms with E-state index in [2.05, 4.69) is 5.43 Å².